The molecule has 0 bridgehead atoms. The monoisotopic (exact) mass is 539 g/mol. The summed E-state index contributed by atoms with van der Waals surface area (Å²) in [5.74, 6) is 0.577. The van der Waals surface area contributed by atoms with Crippen molar-refractivity contribution in [2.45, 2.75) is 50.5 Å². The molecule has 0 saturated carbocycles. The molecule has 0 unspecified atom stereocenters. The van der Waals surface area contributed by atoms with E-state index in [0.29, 0.717) is 30.4 Å². The highest BCUT2D eigenvalue weighted by Gasteiger charge is 2.39. The first kappa shape index (κ1) is 27.0. The van der Waals surface area contributed by atoms with E-state index in [4.69, 9.17) is 4.99 Å². The topological polar surface area (TPSA) is 43.8 Å². The van der Waals surface area contributed by atoms with Crippen molar-refractivity contribution in [1.82, 2.24) is 9.88 Å². The van der Waals surface area contributed by atoms with Crippen molar-refractivity contribution in [3.8, 4) is 0 Å². The van der Waals surface area contributed by atoms with Gasteiger partial charge < -0.3 is 15.1 Å². The fourth-order valence-corrected chi connectivity index (χ4v) is 5.39. The normalized spacial score (nSPS) is 18.7. The summed E-state index contributed by atoms with van der Waals surface area (Å²) in [7, 11) is 0. The van der Waals surface area contributed by atoms with Crippen molar-refractivity contribution in [2.24, 2.45) is 4.99 Å². The second-order valence-corrected chi connectivity index (χ2v) is 10.3. The number of hydrogen-bond donors (Lipinski definition) is 1. The molecule has 5 nitrogen and oxygen atoms in total. The Hall–Kier alpha value is -3.62. The highest BCUT2D eigenvalue weighted by Crippen LogP contribution is 2.38. The summed E-state index contributed by atoms with van der Waals surface area (Å²) in [6, 6.07) is 18.9. The number of hydrogen-bond acceptors (Lipinski definition) is 3. The quantitative estimate of drug-likeness (QED) is 0.225. The molecule has 0 spiro atoms. The Kier molecular flexibility index (Phi) is 7.77. The third-order valence-corrected chi connectivity index (χ3v) is 7.65. The molecule has 1 N–H and O–H groups in total. The van der Waals surface area contributed by atoms with Crippen molar-refractivity contribution in [3.05, 3.63) is 89.7 Å². The molecule has 0 aliphatic carbocycles. The summed E-state index contributed by atoms with van der Waals surface area (Å²) in [6.45, 7) is 4.43. The zero-order chi connectivity index (χ0) is 27.5. The number of alkyl halides is 4. The van der Waals surface area contributed by atoms with Crippen LogP contribution in [0.15, 0.2) is 77.9 Å². The maximum Gasteiger partial charge on any atom is 0.416 e. The van der Waals surface area contributed by atoms with E-state index < -0.39 is 17.4 Å². The zero-order valence-electron chi connectivity index (χ0n) is 22.0. The average Bonchev–Trinajstić information content (AvgIpc) is 2.94. The van der Waals surface area contributed by atoms with E-state index in [0.717, 1.165) is 43.6 Å². The fourth-order valence-electron chi connectivity index (χ4n) is 5.39. The van der Waals surface area contributed by atoms with Gasteiger partial charge in [-0.1, -0.05) is 24.3 Å². The fraction of sp³-hybridized carbons (Fsp3) is 0.400. The Morgan fingerprint density at radius 2 is 1.59 bits per heavy atom. The number of aromatic nitrogens is 1. The van der Waals surface area contributed by atoms with Gasteiger partial charge in [0.15, 0.2) is 11.6 Å². The van der Waals surface area contributed by atoms with Crippen LogP contribution in [0.4, 0.5) is 28.9 Å². The minimum atomic E-state index is -4.40. The number of rotatable bonds is 4. The molecular weight excluding hydrogens is 506 g/mol. The molecule has 5 rings (SSSR count). The predicted molar refractivity (Wildman–Crippen MR) is 147 cm³/mol. The van der Waals surface area contributed by atoms with Crippen LogP contribution in [0.25, 0.3) is 0 Å². The van der Waals surface area contributed by atoms with Gasteiger partial charge in [0.2, 0.25) is 0 Å². The molecule has 2 saturated heterocycles. The number of piperidine rings is 2. The molecule has 1 aromatic heterocycles. The summed E-state index contributed by atoms with van der Waals surface area (Å²) in [5.41, 5.74) is 0.778. The lowest BCUT2D eigenvalue weighted by Crippen LogP contribution is -2.47. The van der Waals surface area contributed by atoms with Crippen LogP contribution in [-0.2, 0) is 11.8 Å². The van der Waals surface area contributed by atoms with Gasteiger partial charge in [0.1, 0.15) is 0 Å². The third kappa shape index (κ3) is 6.34. The number of likely N-dealkylation sites (tertiary alicyclic amines) is 1. The van der Waals surface area contributed by atoms with Crippen molar-refractivity contribution in [3.63, 3.8) is 0 Å². The van der Waals surface area contributed by atoms with Crippen LogP contribution in [0.1, 0.15) is 42.5 Å². The highest BCUT2D eigenvalue weighted by atomic mass is 19.4. The number of nitrogens with one attached hydrogen (secondary N) is 1. The summed E-state index contributed by atoms with van der Waals surface area (Å²) >= 11 is 0. The Morgan fingerprint density at radius 1 is 0.923 bits per heavy atom. The molecule has 2 aliphatic heterocycles. The van der Waals surface area contributed by atoms with Crippen molar-refractivity contribution < 1.29 is 17.6 Å². The number of halogens is 4. The standard InChI is InChI=1S/C30H33F4N5/c1-22-6-5-17-35-27(22)29(31)15-20-39(21-16-29)28(36-24-11-9-23(10-12-24)30(32,33)34)37-25-13-18-38(19-14-25)26-7-3-2-4-8-26/h2-12,17,25H,13-16,18-21H2,1H3,(H,36,37). The van der Waals surface area contributed by atoms with Crippen molar-refractivity contribution in [1.29, 1.82) is 0 Å². The number of aliphatic imine (C=N–C) groups is 1. The first-order valence-electron chi connectivity index (χ1n) is 13.4. The highest BCUT2D eigenvalue weighted by molar-refractivity contribution is 5.94. The van der Waals surface area contributed by atoms with Crippen LogP contribution in [0, 0.1) is 6.92 Å². The number of nitrogens with zero attached hydrogens (tertiary/aromatic N) is 4. The Balaban J connectivity index is 1.33. The largest absolute Gasteiger partial charge is 0.416 e. The van der Waals surface area contributed by atoms with E-state index in [1.165, 1.54) is 17.8 Å². The van der Waals surface area contributed by atoms with Gasteiger partial charge >= 0.3 is 6.18 Å². The molecule has 0 radical (unpaired) electrons. The lowest BCUT2D eigenvalue weighted by Gasteiger charge is -2.39. The molecule has 3 heterocycles. The number of para-hydroxylation sites is 1. The molecule has 206 valence electrons. The van der Waals surface area contributed by atoms with Crippen molar-refractivity contribution >= 4 is 17.3 Å². The van der Waals surface area contributed by atoms with E-state index in [2.05, 4.69) is 27.3 Å². The van der Waals surface area contributed by atoms with Gasteiger partial charge in [0.25, 0.3) is 0 Å². The number of aryl methyl sites for hydroxylation is 1. The van der Waals surface area contributed by atoms with Crippen molar-refractivity contribution in [2.75, 3.05) is 36.4 Å². The molecule has 2 aromatic carbocycles. The Morgan fingerprint density at radius 3 is 2.21 bits per heavy atom. The Bertz CT molecular complexity index is 1260. The van der Waals surface area contributed by atoms with Crippen LogP contribution in [0.5, 0.6) is 0 Å². The second-order valence-electron chi connectivity index (χ2n) is 10.3. The molecular formula is C30H33F4N5. The molecule has 0 atom stereocenters. The third-order valence-electron chi connectivity index (χ3n) is 7.65. The number of pyridine rings is 1. The molecule has 0 amide bonds. The smallest absolute Gasteiger partial charge is 0.371 e. The summed E-state index contributed by atoms with van der Waals surface area (Å²) in [4.78, 5) is 13.7. The van der Waals surface area contributed by atoms with Gasteiger partial charge in [-0.3, -0.25) is 4.98 Å². The molecule has 9 heteroatoms. The number of anilines is 2. The van der Waals surface area contributed by atoms with Gasteiger partial charge in [-0.25, -0.2) is 9.38 Å². The first-order chi connectivity index (χ1) is 18.7. The first-order valence-corrected chi connectivity index (χ1v) is 13.4. The summed E-state index contributed by atoms with van der Waals surface area (Å²) in [5, 5.41) is 3.25. The lowest BCUT2D eigenvalue weighted by atomic mass is 9.87. The minimum Gasteiger partial charge on any atom is -0.371 e. The van der Waals surface area contributed by atoms with E-state index in [-0.39, 0.29) is 18.9 Å². The van der Waals surface area contributed by atoms with Crippen LogP contribution < -0.4 is 10.2 Å². The van der Waals surface area contributed by atoms with E-state index in [9.17, 15) is 13.2 Å². The maximum absolute atomic E-state index is 16.0. The second kappa shape index (κ2) is 11.2. The summed E-state index contributed by atoms with van der Waals surface area (Å²) < 4.78 is 55.2. The minimum absolute atomic E-state index is 0.0528. The average molecular weight is 540 g/mol. The Labute approximate surface area is 226 Å². The molecule has 3 aromatic rings. The molecule has 2 fully saturated rings. The van der Waals surface area contributed by atoms with Crippen LogP contribution in [0.2, 0.25) is 0 Å². The number of benzene rings is 2. The SMILES string of the molecule is Cc1cccnc1C1(F)CCN(C(=NC2CCN(c3ccccc3)CC2)Nc2ccc(C(F)(F)F)cc2)CC1. The van der Waals surface area contributed by atoms with Gasteiger partial charge in [-0.05, 0) is 67.8 Å². The van der Waals surface area contributed by atoms with E-state index >= 15 is 4.39 Å². The summed E-state index contributed by atoms with van der Waals surface area (Å²) in [6.07, 6.45) is -0.571. The lowest BCUT2D eigenvalue weighted by molar-refractivity contribution is -0.137. The van der Waals surface area contributed by atoms with Crippen LogP contribution >= 0.6 is 0 Å². The number of guanidine groups is 1. The van der Waals surface area contributed by atoms with Gasteiger partial charge in [0.05, 0.1) is 17.3 Å². The van der Waals surface area contributed by atoms with Gasteiger partial charge in [-0.15, -0.1) is 0 Å². The van der Waals surface area contributed by atoms with E-state index in [1.54, 1.807) is 12.3 Å². The van der Waals surface area contributed by atoms with Gasteiger partial charge in [-0.2, -0.15) is 13.2 Å². The zero-order valence-corrected chi connectivity index (χ0v) is 22.0. The van der Waals surface area contributed by atoms with Crippen LogP contribution in [0.3, 0.4) is 0 Å². The molecule has 2 aliphatic rings. The van der Waals surface area contributed by atoms with E-state index in [1.807, 2.05) is 36.1 Å². The predicted octanol–water partition coefficient (Wildman–Crippen LogP) is 6.81. The maximum atomic E-state index is 16.0. The van der Waals surface area contributed by atoms with Gasteiger partial charge in [0, 0.05) is 56.6 Å². The van der Waals surface area contributed by atoms with Crippen LogP contribution in [-0.4, -0.2) is 48.1 Å². The molecule has 39 heavy (non-hydrogen) atoms.